The first-order valence-corrected chi connectivity index (χ1v) is 10.8. The van der Waals surface area contributed by atoms with E-state index in [0.29, 0.717) is 32.3 Å². The van der Waals surface area contributed by atoms with Gasteiger partial charge in [0.2, 0.25) is 0 Å². The zero-order valence-electron chi connectivity index (χ0n) is 18.0. The summed E-state index contributed by atoms with van der Waals surface area (Å²) in [6, 6.07) is 6.15. The Labute approximate surface area is 174 Å². The summed E-state index contributed by atoms with van der Waals surface area (Å²) >= 11 is 0. The van der Waals surface area contributed by atoms with Gasteiger partial charge in [0, 0.05) is 37.5 Å². The lowest BCUT2D eigenvalue weighted by atomic mass is 9.79. The van der Waals surface area contributed by atoms with Crippen molar-refractivity contribution in [3.05, 3.63) is 47.7 Å². The Morgan fingerprint density at radius 1 is 0.931 bits per heavy atom. The topological polar surface area (TPSA) is 49.3 Å². The molecule has 0 saturated heterocycles. The molecule has 0 radical (unpaired) electrons. The first kappa shape index (κ1) is 21.6. The van der Waals surface area contributed by atoms with E-state index >= 15 is 0 Å². The fourth-order valence-corrected chi connectivity index (χ4v) is 3.99. The molecule has 0 N–H and O–H groups in total. The average molecular weight is 400 g/mol. The Hall–Kier alpha value is -2.11. The Balaban J connectivity index is 1.83. The molecule has 1 heterocycles. The first-order valence-electron chi connectivity index (χ1n) is 10.8. The van der Waals surface area contributed by atoms with Gasteiger partial charge in [0.25, 0.3) is 0 Å². The highest BCUT2D eigenvalue weighted by atomic mass is 16.5. The Kier molecular flexibility index (Phi) is 7.90. The van der Waals surface area contributed by atoms with Gasteiger partial charge >= 0.3 is 0 Å². The van der Waals surface area contributed by atoms with Crippen molar-refractivity contribution in [1.29, 1.82) is 0 Å². The molecule has 3 atom stereocenters. The first-order chi connectivity index (χ1) is 14.2. The van der Waals surface area contributed by atoms with Crippen LogP contribution in [0.5, 0.6) is 11.5 Å². The number of aliphatic imine (C=N–C) groups is 1. The monoisotopic (exact) mass is 399 g/mol. The summed E-state index contributed by atoms with van der Waals surface area (Å²) in [4.78, 5) is 4.71. The molecule has 1 aromatic rings. The van der Waals surface area contributed by atoms with Crippen LogP contribution >= 0.6 is 0 Å². The van der Waals surface area contributed by atoms with Gasteiger partial charge in [-0.3, -0.25) is 4.99 Å². The minimum Gasteiger partial charge on any atom is -0.490 e. The van der Waals surface area contributed by atoms with E-state index in [1.165, 1.54) is 5.57 Å². The normalized spacial score (nSPS) is 23.2. The summed E-state index contributed by atoms with van der Waals surface area (Å²) in [5.74, 6) is 1.90. The fraction of sp³-hybridized carbons (Fsp3) is 0.542. The minimum absolute atomic E-state index is 0.0257. The van der Waals surface area contributed by atoms with Gasteiger partial charge in [-0.05, 0) is 63.5 Å². The number of hydrogen-bond donors (Lipinski definition) is 0. The molecule has 3 unspecified atom stereocenters. The highest BCUT2D eigenvalue weighted by molar-refractivity contribution is 6.03. The predicted octanol–water partition coefficient (Wildman–Crippen LogP) is 4.75. The van der Waals surface area contributed by atoms with Crippen LogP contribution in [0.3, 0.4) is 0 Å². The van der Waals surface area contributed by atoms with Crippen molar-refractivity contribution in [1.82, 2.24) is 0 Å². The Morgan fingerprint density at radius 2 is 1.69 bits per heavy atom. The molecule has 0 fully saturated rings. The Bertz CT molecular complexity index is 768. The second-order valence-corrected chi connectivity index (χ2v) is 7.12. The van der Waals surface area contributed by atoms with Gasteiger partial charge in [0.15, 0.2) is 11.5 Å². The molecular weight excluding hydrogens is 366 g/mol. The summed E-state index contributed by atoms with van der Waals surface area (Å²) in [6.07, 6.45) is 8.06. The molecule has 0 amide bonds. The van der Waals surface area contributed by atoms with Gasteiger partial charge < -0.3 is 18.9 Å². The predicted molar refractivity (Wildman–Crippen MR) is 116 cm³/mol. The third-order valence-corrected chi connectivity index (χ3v) is 5.20. The number of nitrogens with zero attached hydrogens (tertiary/aromatic N) is 1. The average Bonchev–Trinajstić information content (AvgIpc) is 2.71. The molecule has 29 heavy (non-hydrogen) atoms. The summed E-state index contributed by atoms with van der Waals surface area (Å²) in [6.45, 7) is 10.6. The number of benzene rings is 1. The van der Waals surface area contributed by atoms with Crippen LogP contribution in [-0.2, 0) is 15.9 Å². The second kappa shape index (κ2) is 10.6. The van der Waals surface area contributed by atoms with Gasteiger partial charge in [-0.1, -0.05) is 12.1 Å². The highest BCUT2D eigenvalue weighted by Gasteiger charge is 2.33. The summed E-state index contributed by atoms with van der Waals surface area (Å²) in [7, 11) is 0. The van der Waals surface area contributed by atoms with Crippen LogP contribution in [0.4, 0.5) is 0 Å². The van der Waals surface area contributed by atoms with Gasteiger partial charge in [-0.2, -0.15) is 0 Å². The Morgan fingerprint density at radius 3 is 2.41 bits per heavy atom. The number of fused-ring (bicyclic) bond motifs is 1. The highest BCUT2D eigenvalue weighted by Crippen LogP contribution is 2.35. The molecular formula is C24H33NO4. The summed E-state index contributed by atoms with van der Waals surface area (Å²) < 4.78 is 23.4. The maximum atomic E-state index is 5.97. The van der Waals surface area contributed by atoms with E-state index in [1.807, 2.05) is 40.0 Å². The van der Waals surface area contributed by atoms with Gasteiger partial charge in [-0.25, -0.2) is 0 Å². The lowest BCUT2D eigenvalue weighted by molar-refractivity contribution is -0.0559. The molecule has 3 rings (SSSR count). The van der Waals surface area contributed by atoms with Gasteiger partial charge in [0.05, 0.1) is 19.3 Å². The number of rotatable bonds is 10. The zero-order chi connectivity index (χ0) is 20.6. The third-order valence-electron chi connectivity index (χ3n) is 5.20. The van der Waals surface area contributed by atoms with Crippen molar-refractivity contribution in [2.24, 2.45) is 10.9 Å². The van der Waals surface area contributed by atoms with Gasteiger partial charge in [-0.15, -0.1) is 0 Å². The molecule has 2 aliphatic rings. The van der Waals surface area contributed by atoms with Gasteiger partial charge in [0.1, 0.15) is 6.10 Å². The van der Waals surface area contributed by atoms with Crippen LogP contribution < -0.4 is 9.47 Å². The van der Waals surface area contributed by atoms with Crippen LogP contribution in [0, 0.1) is 5.92 Å². The maximum absolute atomic E-state index is 5.97. The van der Waals surface area contributed by atoms with Crippen LogP contribution in [0.2, 0.25) is 0 Å². The van der Waals surface area contributed by atoms with E-state index in [-0.39, 0.29) is 12.2 Å². The molecule has 158 valence electrons. The van der Waals surface area contributed by atoms with Crippen LogP contribution in [0.15, 0.2) is 47.1 Å². The van der Waals surface area contributed by atoms with E-state index < -0.39 is 0 Å². The lowest BCUT2D eigenvalue weighted by Gasteiger charge is -2.35. The molecule has 0 aromatic heterocycles. The van der Waals surface area contributed by atoms with Crippen molar-refractivity contribution in [2.45, 2.75) is 52.7 Å². The van der Waals surface area contributed by atoms with Crippen molar-refractivity contribution in [3.63, 3.8) is 0 Å². The molecule has 0 spiro atoms. The third kappa shape index (κ3) is 5.28. The molecule has 1 aliphatic carbocycles. The van der Waals surface area contributed by atoms with Crippen molar-refractivity contribution in [2.75, 3.05) is 26.4 Å². The van der Waals surface area contributed by atoms with E-state index in [1.54, 1.807) is 0 Å². The van der Waals surface area contributed by atoms with Crippen LogP contribution in [0.25, 0.3) is 0 Å². The largest absolute Gasteiger partial charge is 0.490 e. The SMILES string of the molecule is CCOc1ccc(CC2=NC=CC3CC(OCC)C(OCC)C=C23)cc1OCC. The molecule has 1 aromatic carbocycles. The second-order valence-electron chi connectivity index (χ2n) is 7.12. The molecule has 5 nitrogen and oxygen atoms in total. The summed E-state index contributed by atoms with van der Waals surface area (Å²) in [5, 5.41) is 0. The summed E-state index contributed by atoms with van der Waals surface area (Å²) in [5.41, 5.74) is 3.50. The molecule has 0 bridgehead atoms. The molecule has 1 aliphatic heterocycles. The van der Waals surface area contributed by atoms with Crippen molar-refractivity contribution < 1.29 is 18.9 Å². The number of ether oxygens (including phenoxy) is 4. The van der Waals surface area contributed by atoms with Crippen LogP contribution in [0.1, 0.15) is 39.7 Å². The van der Waals surface area contributed by atoms with Crippen LogP contribution in [-0.4, -0.2) is 44.3 Å². The van der Waals surface area contributed by atoms with E-state index in [2.05, 4.69) is 24.3 Å². The zero-order valence-corrected chi connectivity index (χ0v) is 18.0. The quantitative estimate of drug-likeness (QED) is 0.570. The molecule has 5 heteroatoms. The number of hydrogen-bond acceptors (Lipinski definition) is 5. The van der Waals surface area contributed by atoms with E-state index in [0.717, 1.165) is 35.6 Å². The number of allylic oxidation sites excluding steroid dienone is 2. The fourth-order valence-electron chi connectivity index (χ4n) is 3.99. The standard InChI is InChI=1S/C24H33NO4/c1-5-26-21-10-9-17(14-22(21)27-6-2)13-20-19-16-24(29-8-4)23(28-7-3)15-18(19)11-12-25-20/h9-12,14,16,18,23-24H,5-8,13,15H2,1-4H3. The van der Waals surface area contributed by atoms with E-state index in [9.17, 15) is 0 Å². The maximum Gasteiger partial charge on any atom is 0.161 e. The van der Waals surface area contributed by atoms with Crippen molar-refractivity contribution >= 4 is 5.71 Å². The lowest BCUT2D eigenvalue weighted by Crippen LogP contribution is -2.38. The van der Waals surface area contributed by atoms with Crippen molar-refractivity contribution in [3.8, 4) is 11.5 Å². The minimum atomic E-state index is -0.0257. The smallest absolute Gasteiger partial charge is 0.161 e. The molecule has 0 saturated carbocycles. The van der Waals surface area contributed by atoms with E-state index in [4.69, 9.17) is 23.9 Å².